The van der Waals surface area contributed by atoms with Gasteiger partial charge in [-0.2, -0.15) is 0 Å². The Hall–Kier alpha value is -0.460. The second-order valence-electron chi connectivity index (χ2n) is 1.58. The van der Waals surface area contributed by atoms with Crippen LogP contribution in [0.25, 0.3) is 0 Å². The van der Waals surface area contributed by atoms with Gasteiger partial charge in [0.2, 0.25) is 0 Å². The Bertz CT molecular complexity index is 92.1. The van der Waals surface area contributed by atoms with E-state index in [0.717, 1.165) is 0 Å². The van der Waals surface area contributed by atoms with Gasteiger partial charge in [0.1, 0.15) is 0 Å². The smallest absolute Gasteiger partial charge is 0.0339 e. The first kappa shape index (κ1) is 3.72. The van der Waals surface area contributed by atoms with Gasteiger partial charge in [0.15, 0.2) is 0 Å². The molecule has 1 heterocycles. The average Bonchev–Trinajstić information content (AvgIpc) is 2.19. The van der Waals surface area contributed by atoms with Crippen molar-refractivity contribution in [3.8, 4) is 0 Å². The molecule has 0 saturated heterocycles. The van der Waals surface area contributed by atoms with Crippen LogP contribution < -0.4 is 5.32 Å². The van der Waals surface area contributed by atoms with Crippen molar-refractivity contribution < 1.29 is 0 Å². The highest BCUT2D eigenvalue weighted by molar-refractivity contribution is 5.26. The minimum Gasteiger partial charge on any atom is -0.360 e. The van der Waals surface area contributed by atoms with Crippen LogP contribution in [0.15, 0.2) is 11.4 Å². The fraction of sp³-hybridized carbons (Fsp3) is 0.600. The fourth-order valence-electron chi connectivity index (χ4n) is 0.549. The van der Waals surface area contributed by atoms with E-state index in [1.807, 2.05) is 0 Å². The van der Waals surface area contributed by atoms with Crippen molar-refractivity contribution in [2.45, 2.75) is 20.3 Å². The summed E-state index contributed by atoms with van der Waals surface area (Å²) in [6.07, 6.45) is 1.17. The monoisotopic (exact) mass is 83.1 g/mol. The Kier molecular flexibility index (Phi) is 0.621. The van der Waals surface area contributed by atoms with Crippen molar-refractivity contribution in [3.63, 3.8) is 0 Å². The molecule has 0 fully saturated rings. The molecule has 0 aliphatic carbocycles. The van der Waals surface area contributed by atoms with Crippen molar-refractivity contribution in [3.05, 3.63) is 11.4 Å². The summed E-state index contributed by atoms with van der Waals surface area (Å²) in [6, 6.07) is 0. The van der Waals surface area contributed by atoms with E-state index in [4.69, 9.17) is 0 Å². The topological polar surface area (TPSA) is 21.9 Å². The van der Waals surface area contributed by atoms with Crippen LogP contribution in [0.5, 0.6) is 0 Å². The van der Waals surface area contributed by atoms with E-state index < -0.39 is 0 Å². The Morgan fingerprint density at radius 2 is 2.17 bits per heavy atom. The summed E-state index contributed by atoms with van der Waals surface area (Å²) >= 11 is 0. The molecule has 0 spiro atoms. The lowest BCUT2D eigenvalue weighted by atomic mass is 10.4. The molecule has 0 aromatic heterocycles. The molecule has 0 bridgehead atoms. The first-order chi connectivity index (χ1) is 2.84. The maximum Gasteiger partial charge on any atom is 0.0339 e. The SMILES string of the molecule is CCC1=C(C)N1. The van der Waals surface area contributed by atoms with E-state index in [1.165, 1.54) is 17.8 Å². The third kappa shape index (κ3) is 0.402. The fourth-order valence-corrected chi connectivity index (χ4v) is 0.549. The van der Waals surface area contributed by atoms with Crippen LogP contribution >= 0.6 is 0 Å². The van der Waals surface area contributed by atoms with Crippen LogP contribution in [0.2, 0.25) is 0 Å². The summed E-state index contributed by atoms with van der Waals surface area (Å²) in [6.45, 7) is 4.25. The molecule has 0 unspecified atom stereocenters. The van der Waals surface area contributed by atoms with Crippen LogP contribution in [0.1, 0.15) is 20.3 Å². The predicted octanol–water partition coefficient (Wildman–Crippen LogP) is 1.23. The lowest BCUT2D eigenvalue weighted by Crippen LogP contribution is -1.74. The Balaban J connectivity index is 2.38. The number of rotatable bonds is 1. The van der Waals surface area contributed by atoms with E-state index in [2.05, 4.69) is 19.2 Å². The molecule has 0 aromatic rings. The highest BCUT2D eigenvalue weighted by Gasteiger charge is 2.10. The molecule has 34 valence electrons. The van der Waals surface area contributed by atoms with Crippen molar-refractivity contribution >= 4 is 0 Å². The molecule has 6 heavy (non-hydrogen) atoms. The van der Waals surface area contributed by atoms with E-state index in [-0.39, 0.29) is 0 Å². The van der Waals surface area contributed by atoms with E-state index in [9.17, 15) is 0 Å². The zero-order valence-corrected chi connectivity index (χ0v) is 4.21. The summed E-state index contributed by atoms with van der Waals surface area (Å²) in [5.74, 6) is 0. The third-order valence-corrected chi connectivity index (χ3v) is 1.08. The van der Waals surface area contributed by atoms with Gasteiger partial charge in [0.05, 0.1) is 0 Å². The van der Waals surface area contributed by atoms with Crippen LogP contribution in [-0.2, 0) is 0 Å². The van der Waals surface area contributed by atoms with Crippen molar-refractivity contribution in [2.24, 2.45) is 0 Å². The van der Waals surface area contributed by atoms with Gasteiger partial charge in [-0.05, 0) is 13.3 Å². The standard InChI is InChI=1S/C5H9N/c1-3-5-4(2)6-5/h6H,3H2,1-2H3. The van der Waals surface area contributed by atoms with Crippen LogP contribution in [0, 0.1) is 0 Å². The van der Waals surface area contributed by atoms with Gasteiger partial charge in [-0.25, -0.2) is 0 Å². The minimum absolute atomic E-state index is 1.17. The van der Waals surface area contributed by atoms with Crippen molar-refractivity contribution in [1.82, 2.24) is 5.32 Å². The van der Waals surface area contributed by atoms with Crippen LogP contribution in [0.4, 0.5) is 0 Å². The lowest BCUT2D eigenvalue weighted by molar-refractivity contribution is 1.09. The van der Waals surface area contributed by atoms with E-state index in [1.54, 1.807) is 0 Å². The minimum atomic E-state index is 1.17. The first-order valence-corrected chi connectivity index (χ1v) is 2.31. The summed E-state index contributed by atoms with van der Waals surface area (Å²) < 4.78 is 0. The van der Waals surface area contributed by atoms with Crippen molar-refractivity contribution in [1.29, 1.82) is 0 Å². The largest absolute Gasteiger partial charge is 0.360 e. The van der Waals surface area contributed by atoms with Gasteiger partial charge in [-0.1, -0.05) is 6.92 Å². The quantitative estimate of drug-likeness (QED) is 0.506. The van der Waals surface area contributed by atoms with Gasteiger partial charge in [-0.3, -0.25) is 0 Å². The molecule has 1 aliphatic heterocycles. The number of nitrogens with one attached hydrogen (secondary N) is 1. The molecule has 1 N–H and O–H groups in total. The highest BCUT2D eigenvalue weighted by Crippen LogP contribution is 2.15. The molecule has 0 radical (unpaired) electrons. The third-order valence-electron chi connectivity index (χ3n) is 1.08. The molecule has 0 saturated carbocycles. The number of hydrogen-bond acceptors (Lipinski definition) is 1. The normalized spacial score (nSPS) is 17.7. The molecule has 1 rings (SSSR count). The molecular formula is C5H9N. The van der Waals surface area contributed by atoms with Gasteiger partial charge in [-0.15, -0.1) is 0 Å². The molecular weight excluding hydrogens is 74.1 g/mol. The van der Waals surface area contributed by atoms with Gasteiger partial charge >= 0.3 is 0 Å². The zero-order chi connectivity index (χ0) is 4.57. The van der Waals surface area contributed by atoms with Gasteiger partial charge in [0.25, 0.3) is 0 Å². The van der Waals surface area contributed by atoms with Gasteiger partial charge < -0.3 is 5.32 Å². The number of allylic oxidation sites excluding steroid dienone is 2. The molecule has 1 nitrogen and oxygen atoms in total. The number of hydrogen-bond donors (Lipinski definition) is 1. The first-order valence-electron chi connectivity index (χ1n) is 2.31. The highest BCUT2D eigenvalue weighted by atomic mass is 15.0. The second-order valence-corrected chi connectivity index (χ2v) is 1.58. The Morgan fingerprint density at radius 3 is 2.17 bits per heavy atom. The van der Waals surface area contributed by atoms with Crippen molar-refractivity contribution in [2.75, 3.05) is 0 Å². The molecule has 0 atom stereocenters. The second kappa shape index (κ2) is 1.00. The summed E-state index contributed by atoms with van der Waals surface area (Å²) in [5.41, 5.74) is 2.80. The van der Waals surface area contributed by atoms with E-state index >= 15 is 0 Å². The molecule has 1 heteroatoms. The molecule has 0 aromatic carbocycles. The maximum absolute atomic E-state index is 3.11. The molecule has 0 amide bonds. The zero-order valence-electron chi connectivity index (χ0n) is 4.21. The van der Waals surface area contributed by atoms with Crippen LogP contribution in [-0.4, -0.2) is 0 Å². The van der Waals surface area contributed by atoms with Crippen LogP contribution in [0.3, 0.4) is 0 Å². The lowest BCUT2D eigenvalue weighted by Gasteiger charge is -1.68. The van der Waals surface area contributed by atoms with E-state index in [0.29, 0.717) is 0 Å². The van der Waals surface area contributed by atoms with Gasteiger partial charge in [0, 0.05) is 11.4 Å². The summed E-state index contributed by atoms with van der Waals surface area (Å²) in [4.78, 5) is 0. The Morgan fingerprint density at radius 1 is 1.67 bits per heavy atom. The predicted molar refractivity (Wildman–Crippen MR) is 26.1 cm³/mol. The maximum atomic E-state index is 3.11. The summed E-state index contributed by atoms with van der Waals surface area (Å²) in [7, 11) is 0. The average molecular weight is 83.1 g/mol. The molecule has 1 aliphatic rings. The Labute approximate surface area is 38.1 Å². The summed E-state index contributed by atoms with van der Waals surface area (Å²) in [5, 5.41) is 3.11.